The van der Waals surface area contributed by atoms with Gasteiger partial charge in [0.25, 0.3) is 0 Å². The first kappa shape index (κ1) is 31.9. The second-order valence-electron chi connectivity index (χ2n) is 10.5. The summed E-state index contributed by atoms with van der Waals surface area (Å²) in [6, 6.07) is 13.0. The number of ether oxygens (including phenoxy) is 2. The van der Waals surface area contributed by atoms with Crippen molar-refractivity contribution in [3.05, 3.63) is 123 Å². The van der Waals surface area contributed by atoms with Crippen LogP contribution in [0.4, 0.5) is 0 Å². The largest absolute Gasteiger partial charge is 0.499 e. The topological polar surface area (TPSA) is 88.1 Å². The molecule has 226 valence electrons. The zero-order valence-corrected chi connectivity index (χ0v) is 25.9. The van der Waals surface area contributed by atoms with Crippen LogP contribution in [-0.4, -0.2) is 34.6 Å². The Hall–Kier alpha value is -4.07. The summed E-state index contributed by atoms with van der Waals surface area (Å²) in [5.74, 6) is 0.468. The van der Waals surface area contributed by atoms with E-state index in [1.54, 1.807) is 54.3 Å². The average molecular weight is 603 g/mol. The van der Waals surface area contributed by atoms with Crippen molar-refractivity contribution in [2.45, 2.75) is 65.5 Å². The normalized spacial score (nSPS) is 18.6. The van der Waals surface area contributed by atoms with Crippen LogP contribution in [0.1, 0.15) is 75.3 Å². The lowest BCUT2D eigenvalue weighted by molar-refractivity contribution is -0.128. The first-order valence-corrected chi connectivity index (χ1v) is 15.0. The van der Waals surface area contributed by atoms with E-state index >= 15 is 0 Å². The quantitative estimate of drug-likeness (QED) is 0.134. The minimum atomic E-state index is -0.892. The van der Waals surface area contributed by atoms with Crippen LogP contribution in [-0.2, 0) is 9.53 Å². The monoisotopic (exact) mass is 602 g/mol. The molecule has 8 heteroatoms. The number of hydrogen-bond donors (Lipinski definition) is 2. The Morgan fingerprint density at radius 2 is 1.91 bits per heavy atom. The Kier molecular flexibility index (Phi) is 11.0. The van der Waals surface area contributed by atoms with Crippen molar-refractivity contribution >= 4 is 23.5 Å². The van der Waals surface area contributed by atoms with Crippen molar-refractivity contribution in [2.75, 3.05) is 6.61 Å². The molecule has 1 amide bonds. The van der Waals surface area contributed by atoms with Crippen molar-refractivity contribution in [1.82, 2.24) is 10.2 Å². The highest BCUT2D eigenvalue weighted by Crippen LogP contribution is 2.41. The molecule has 1 aliphatic carbocycles. The number of esters is 1. The third-order valence-corrected chi connectivity index (χ3v) is 7.53. The minimum Gasteiger partial charge on any atom is -0.499 e. The van der Waals surface area contributed by atoms with Crippen LogP contribution in [0.15, 0.2) is 107 Å². The van der Waals surface area contributed by atoms with Gasteiger partial charge in [0, 0.05) is 35.3 Å². The Morgan fingerprint density at radius 1 is 1.14 bits per heavy atom. The van der Waals surface area contributed by atoms with Crippen LogP contribution in [0, 0.1) is 0 Å². The first-order chi connectivity index (χ1) is 20.7. The summed E-state index contributed by atoms with van der Waals surface area (Å²) in [6.45, 7) is 7.71. The Bertz CT molecular complexity index is 1480. The van der Waals surface area contributed by atoms with Crippen molar-refractivity contribution in [3.63, 3.8) is 0 Å². The highest BCUT2D eigenvalue weighted by atomic mass is 35.5. The van der Waals surface area contributed by atoms with Crippen LogP contribution in [0.2, 0.25) is 5.02 Å². The lowest BCUT2D eigenvalue weighted by Gasteiger charge is -2.35. The lowest BCUT2D eigenvalue weighted by Crippen LogP contribution is -2.36. The van der Waals surface area contributed by atoms with Crippen LogP contribution in [0.5, 0.6) is 5.75 Å². The van der Waals surface area contributed by atoms with E-state index in [-0.39, 0.29) is 5.91 Å². The summed E-state index contributed by atoms with van der Waals surface area (Å²) in [5.41, 5.74) is 4.17. The molecule has 4 rings (SSSR count). The standard InChI is InChI=1S/C35H39ClN2O5/c1-5-42-23(2)12-10-16-31-33(24(3)39)34(38(25(4)40)32-17-9-7-6-8-15-30(32)37-31)27-13-11-14-29(22-27)43-35(41)26-18-20-28(36)21-19-26/h7-9,11-15,18-22,24,34,37,39H,5-6,10,16-17H2,1-4H3/b9-7-,15-8?,23-12-. The van der Waals surface area contributed by atoms with Gasteiger partial charge in [-0.05, 0) is 94.1 Å². The van der Waals surface area contributed by atoms with E-state index in [1.807, 2.05) is 38.1 Å². The second kappa shape index (κ2) is 14.9. The van der Waals surface area contributed by atoms with E-state index in [2.05, 4.69) is 17.5 Å². The average Bonchev–Trinajstić information content (AvgIpc) is 3.08. The predicted octanol–water partition coefficient (Wildman–Crippen LogP) is 7.53. The molecule has 7 nitrogen and oxygen atoms in total. The number of aliphatic hydroxyl groups excluding tert-OH is 1. The Labute approximate surface area is 258 Å². The highest BCUT2D eigenvalue weighted by Gasteiger charge is 2.36. The summed E-state index contributed by atoms with van der Waals surface area (Å²) in [7, 11) is 0. The minimum absolute atomic E-state index is 0.170. The number of amides is 1. The maximum atomic E-state index is 13.5. The number of benzene rings is 2. The van der Waals surface area contributed by atoms with Gasteiger partial charge in [-0.2, -0.15) is 0 Å². The van der Waals surface area contributed by atoms with Gasteiger partial charge in [0.2, 0.25) is 5.91 Å². The molecule has 2 aromatic carbocycles. The molecule has 2 atom stereocenters. The maximum absolute atomic E-state index is 13.5. The molecule has 1 heterocycles. The van der Waals surface area contributed by atoms with Gasteiger partial charge < -0.3 is 24.8 Å². The van der Waals surface area contributed by atoms with E-state index < -0.39 is 18.1 Å². The molecule has 2 aliphatic rings. The SMILES string of the molecule is CCO/C(C)=C\CCC1=C(C(C)O)C(c2cccc(OC(=O)c3ccc(Cl)cc3)c2)N(C(C)=O)C2=C(C=CC/C=C\C2)N1. The Morgan fingerprint density at radius 3 is 2.60 bits per heavy atom. The number of nitrogens with zero attached hydrogens (tertiary/aromatic N) is 1. The summed E-state index contributed by atoms with van der Waals surface area (Å²) in [6.07, 6.45) is 11.9. The van der Waals surface area contributed by atoms with E-state index in [0.717, 1.165) is 29.3 Å². The zero-order valence-electron chi connectivity index (χ0n) is 25.1. The van der Waals surface area contributed by atoms with Crippen LogP contribution < -0.4 is 10.1 Å². The van der Waals surface area contributed by atoms with Gasteiger partial charge >= 0.3 is 5.97 Å². The first-order valence-electron chi connectivity index (χ1n) is 14.6. The van der Waals surface area contributed by atoms with Gasteiger partial charge in [-0.25, -0.2) is 4.79 Å². The molecule has 43 heavy (non-hydrogen) atoms. The van der Waals surface area contributed by atoms with Crippen molar-refractivity contribution in [1.29, 1.82) is 0 Å². The number of rotatable bonds is 9. The molecule has 0 saturated carbocycles. The number of hydrogen-bond acceptors (Lipinski definition) is 6. The van der Waals surface area contributed by atoms with Gasteiger partial charge in [0.15, 0.2) is 0 Å². The van der Waals surface area contributed by atoms with Gasteiger partial charge in [-0.3, -0.25) is 4.79 Å². The number of allylic oxidation sites excluding steroid dienone is 7. The molecule has 0 aromatic heterocycles. The molecule has 0 spiro atoms. The molecular weight excluding hydrogens is 564 g/mol. The zero-order chi connectivity index (χ0) is 30.9. The van der Waals surface area contributed by atoms with Crippen molar-refractivity contribution in [3.8, 4) is 5.75 Å². The molecule has 0 radical (unpaired) electrons. The number of carbonyl (C=O) groups excluding carboxylic acids is 2. The summed E-state index contributed by atoms with van der Waals surface area (Å²) < 4.78 is 11.4. The molecule has 2 unspecified atom stereocenters. The third-order valence-electron chi connectivity index (χ3n) is 7.27. The molecular formula is C35H39ClN2O5. The molecule has 1 aliphatic heterocycles. The highest BCUT2D eigenvalue weighted by molar-refractivity contribution is 6.30. The number of nitrogens with one attached hydrogen (secondary N) is 1. The van der Waals surface area contributed by atoms with Crippen molar-refractivity contribution in [2.24, 2.45) is 0 Å². The fourth-order valence-electron chi connectivity index (χ4n) is 5.39. The van der Waals surface area contributed by atoms with Crippen molar-refractivity contribution < 1.29 is 24.2 Å². The van der Waals surface area contributed by atoms with Crippen LogP contribution in [0.3, 0.4) is 0 Å². The van der Waals surface area contributed by atoms with Gasteiger partial charge in [-0.15, -0.1) is 0 Å². The van der Waals surface area contributed by atoms with E-state index in [1.165, 1.54) is 6.92 Å². The summed E-state index contributed by atoms with van der Waals surface area (Å²) >= 11 is 5.98. The van der Waals surface area contributed by atoms with E-state index in [4.69, 9.17) is 21.1 Å². The predicted molar refractivity (Wildman–Crippen MR) is 169 cm³/mol. The molecule has 2 aromatic rings. The summed E-state index contributed by atoms with van der Waals surface area (Å²) in [5, 5.41) is 15.4. The molecule has 2 N–H and O–H groups in total. The van der Waals surface area contributed by atoms with E-state index in [9.17, 15) is 14.7 Å². The maximum Gasteiger partial charge on any atom is 0.343 e. The lowest BCUT2D eigenvalue weighted by atomic mass is 9.90. The summed E-state index contributed by atoms with van der Waals surface area (Å²) in [4.78, 5) is 28.2. The van der Waals surface area contributed by atoms with Gasteiger partial charge in [0.1, 0.15) is 5.75 Å². The van der Waals surface area contributed by atoms with Crippen LogP contribution >= 0.6 is 11.6 Å². The molecule has 0 saturated heterocycles. The fraction of sp³-hybridized carbons (Fsp3) is 0.314. The number of halogens is 1. The van der Waals surface area contributed by atoms with Gasteiger partial charge in [0.05, 0.1) is 35.8 Å². The van der Waals surface area contributed by atoms with E-state index in [0.29, 0.717) is 53.3 Å². The fourth-order valence-corrected chi connectivity index (χ4v) is 5.52. The third kappa shape index (κ3) is 8.06. The smallest absolute Gasteiger partial charge is 0.343 e. The number of carbonyl (C=O) groups is 2. The number of aliphatic hydroxyl groups is 1. The Balaban J connectivity index is 1.83. The second-order valence-corrected chi connectivity index (χ2v) is 10.9. The van der Waals surface area contributed by atoms with Gasteiger partial charge in [-0.1, -0.05) is 42.0 Å². The van der Waals surface area contributed by atoms with Crippen LogP contribution in [0.25, 0.3) is 0 Å². The molecule has 0 bridgehead atoms. The molecule has 0 fully saturated rings.